The number of alkyl halides is 3. The summed E-state index contributed by atoms with van der Waals surface area (Å²) in [7, 11) is 0. The van der Waals surface area contributed by atoms with Crippen molar-refractivity contribution < 1.29 is 31.9 Å². The highest BCUT2D eigenvalue weighted by Gasteiger charge is 2.37. The Morgan fingerprint density at radius 2 is 1.90 bits per heavy atom. The Labute approximate surface area is 229 Å². The van der Waals surface area contributed by atoms with Gasteiger partial charge < -0.3 is 18.5 Å². The van der Waals surface area contributed by atoms with E-state index in [2.05, 4.69) is 14.9 Å². The largest absolute Gasteiger partial charge is 0.494 e. The van der Waals surface area contributed by atoms with Crippen LogP contribution in [0.3, 0.4) is 0 Å². The molecule has 210 valence electrons. The van der Waals surface area contributed by atoms with E-state index in [0.29, 0.717) is 41.5 Å². The Balaban J connectivity index is 1.44. The standard InChI is InChI=1S/C30H30F3N3O4/c1-3-38-22-13-14-23-24(15-22)36(21-5-4-6-21)27(26(23)28-35-25(16-39-28)30(31,32)33)19-9-11-20(12-10-19)34-29(37)40-17(2)18-7-8-18/h9-18,21H,3-8H2,1-2H3,(H,34,37). The first-order valence-corrected chi connectivity index (χ1v) is 13.6. The minimum Gasteiger partial charge on any atom is -0.494 e. The molecule has 2 saturated carbocycles. The number of nitrogens with zero attached hydrogens (tertiary/aromatic N) is 2. The lowest BCUT2D eigenvalue weighted by atomic mass is 9.92. The molecule has 1 N–H and O–H groups in total. The number of oxazole rings is 1. The third-order valence-corrected chi connectivity index (χ3v) is 7.72. The first kappa shape index (κ1) is 26.3. The van der Waals surface area contributed by atoms with Gasteiger partial charge in [0, 0.05) is 23.2 Å². The van der Waals surface area contributed by atoms with Crippen LogP contribution in [0.2, 0.25) is 0 Å². The van der Waals surface area contributed by atoms with Crippen LogP contribution in [0, 0.1) is 5.92 Å². The van der Waals surface area contributed by atoms with Crippen molar-refractivity contribution in [1.82, 2.24) is 9.55 Å². The summed E-state index contributed by atoms with van der Waals surface area (Å²) in [5.41, 5.74) is 2.26. The van der Waals surface area contributed by atoms with Gasteiger partial charge in [0.25, 0.3) is 0 Å². The van der Waals surface area contributed by atoms with Crippen LogP contribution in [0.1, 0.15) is 57.7 Å². The number of nitrogens with one attached hydrogen (secondary N) is 1. The minimum absolute atomic E-state index is 0.102. The Bertz CT molecular complexity index is 1530. The number of carbonyl (C=O) groups excluding carboxylic acids is 1. The zero-order chi connectivity index (χ0) is 28.0. The van der Waals surface area contributed by atoms with Crippen LogP contribution in [0.4, 0.5) is 23.7 Å². The zero-order valence-corrected chi connectivity index (χ0v) is 22.3. The van der Waals surface area contributed by atoms with E-state index in [1.807, 2.05) is 38.1 Å². The second-order valence-electron chi connectivity index (χ2n) is 10.5. The molecule has 2 heterocycles. The van der Waals surface area contributed by atoms with Gasteiger partial charge in [-0.15, -0.1) is 0 Å². The zero-order valence-electron chi connectivity index (χ0n) is 22.3. The predicted molar refractivity (Wildman–Crippen MR) is 144 cm³/mol. The van der Waals surface area contributed by atoms with Gasteiger partial charge in [-0.1, -0.05) is 12.1 Å². The lowest BCUT2D eigenvalue weighted by Crippen LogP contribution is -2.21. The second-order valence-corrected chi connectivity index (χ2v) is 10.5. The molecule has 2 aromatic heterocycles. The van der Waals surface area contributed by atoms with Crippen molar-refractivity contribution in [3.05, 3.63) is 54.4 Å². The number of halogens is 3. The number of carbonyl (C=O) groups is 1. The number of fused-ring (bicyclic) bond motifs is 1. The van der Waals surface area contributed by atoms with Crippen LogP contribution in [-0.2, 0) is 10.9 Å². The summed E-state index contributed by atoms with van der Waals surface area (Å²) in [5, 5.41) is 3.49. The lowest BCUT2D eigenvalue weighted by molar-refractivity contribution is -0.141. The smallest absolute Gasteiger partial charge is 0.436 e. The Hall–Kier alpha value is -3.95. The van der Waals surface area contributed by atoms with E-state index in [1.54, 1.807) is 18.2 Å². The third kappa shape index (κ3) is 5.02. The summed E-state index contributed by atoms with van der Waals surface area (Å²) in [5.74, 6) is 0.999. The maximum Gasteiger partial charge on any atom is 0.436 e. The summed E-state index contributed by atoms with van der Waals surface area (Å²) < 4.78 is 59.3. The molecule has 0 bridgehead atoms. The van der Waals surface area contributed by atoms with Crippen molar-refractivity contribution in [2.45, 2.75) is 64.3 Å². The molecular weight excluding hydrogens is 523 g/mol. The summed E-state index contributed by atoms with van der Waals surface area (Å²) >= 11 is 0. The fourth-order valence-corrected chi connectivity index (χ4v) is 5.28. The molecule has 7 nitrogen and oxygen atoms in total. The van der Waals surface area contributed by atoms with Gasteiger partial charge in [0.1, 0.15) is 18.1 Å². The van der Waals surface area contributed by atoms with Crippen LogP contribution in [-0.4, -0.2) is 28.4 Å². The molecule has 4 aromatic rings. The quantitative estimate of drug-likeness (QED) is 0.237. The van der Waals surface area contributed by atoms with E-state index in [9.17, 15) is 18.0 Å². The molecule has 6 rings (SSSR count). The van der Waals surface area contributed by atoms with Crippen molar-refractivity contribution in [3.63, 3.8) is 0 Å². The second kappa shape index (κ2) is 10.2. The third-order valence-electron chi connectivity index (χ3n) is 7.72. The number of hydrogen-bond donors (Lipinski definition) is 1. The van der Waals surface area contributed by atoms with Gasteiger partial charge in [-0.25, -0.2) is 9.78 Å². The van der Waals surface area contributed by atoms with Gasteiger partial charge in [-0.05, 0) is 81.7 Å². The molecule has 0 aliphatic heterocycles. The molecule has 0 radical (unpaired) electrons. The van der Waals surface area contributed by atoms with Crippen molar-refractivity contribution >= 4 is 22.7 Å². The van der Waals surface area contributed by atoms with Crippen molar-refractivity contribution in [1.29, 1.82) is 0 Å². The van der Waals surface area contributed by atoms with Crippen molar-refractivity contribution in [2.24, 2.45) is 5.92 Å². The molecule has 40 heavy (non-hydrogen) atoms. The summed E-state index contributed by atoms with van der Waals surface area (Å²) in [6.07, 6.45) is 0.465. The Morgan fingerprint density at radius 3 is 2.50 bits per heavy atom. The molecule has 2 fully saturated rings. The Kier molecular flexibility index (Phi) is 6.72. The fraction of sp³-hybridized carbons (Fsp3) is 0.400. The minimum atomic E-state index is -4.63. The molecular formula is C30H30F3N3O4. The number of rotatable bonds is 8. The highest BCUT2D eigenvalue weighted by Crippen LogP contribution is 2.47. The molecule has 0 spiro atoms. The average molecular weight is 554 g/mol. The predicted octanol–water partition coefficient (Wildman–Crippen LogP) is 8.45. The van der Waals surface area contributed by atoms with Crippen LogP contribution in [0.15, 0.2) is 53.1 Å². The SMILES string of the molecule is CCOc1ccc2c(-c3nc(C(F)(F)F)co3)c(-c3ccc(NC(=O)OC(C)C4CC4)cc3)n(C3CCC3)c2c1. The first-order chi connectivity index (χ1) is 19.2. The van der Waals surface area contributed by atoms with Gasteiger partial charge in [-0.2, -0.15) is 13.2 Å². The highest BCUT2D eigenvalue weighted by molar-refractivity contribution is 6.03. The molecule has 2 aromatic carbocycles. The monoisotopic (exact) mass is 553 g/mol. The van der Waals surface area contributed by atoms with Crippen molar-refractivity contribution in [2.75, 3.05) is 11.9 Å². The number of ether oxygens (including phenoxy) is 2. The van der Waals surface area contributed by atoms with Crippen LogP contribution < -0.4 is 10.1 Å². The highest BCUT2D eigenvalue weighted by atomic mass is 19.4. The molecule has 2 aliphatic carbocycles. The van der Waals surface area contributed by atoms with Gasteiger partial charge in [0.2, 0.25) is 5.89 Å². The van der Waals surface area contributed by atoms with E-state index in [-0.39, 0.29) is 18.0 Å². The maximum absolute atomic E-state index is 13.5. The van der Waals surface area contributed by atoms with E-state index in [1.165, 1.54) is 0 Å². The summed E-state index contributed by atoms with van der Waals surface area (Å²) in [6.45, 7) is 4.28. The van der Waals surface area contributed by atoms with Gasteiger partial charge in [0.15, 0.2) is 5.69 Å². The number of aromatic nitrogens is 2. The van der Waals surface area contributed by atoms with Crippen LogP contribution in [0.25, 0.3) is 33.6 Å². The molecule has 1 atom stereocenters. The lowest BCUT2D eigenvalue weighted by Gasteiger charge is -2.30. The normalized spacial score (nSPS) is 16.5. The summed E-state index contributed by atoms with van der Waals surface area (Å²) in [4.78, 5) is 16.2. The molecule has 2 aliphatic rings. The van der Waals surface area contributed by atoms with Crippen molar-refractivity contribution in [3.8, 4) is 28.5 Å². The average Bonchev–Trinajstić information content (AvgIpc) is 3.53. The fourth-order valence-electron chi connectivity index (χ4n) is 5.28. The van der Waals surface area contributed by atoms with E-state index in [0.717, 1.165) is 48.6 Å². The Morgan fingerprint density at radius 1 is 1.15 bits per heavy atom. The number of amides is 1. The molecule has 10 heteroatoms. The van der Waals surface area contributed by atoms with Gasteiger partial charge >= 0.3 is 12.3 Å². The molecule has 1 amide bonds. The summed E-state index contributed by atoms with van der Waals surface area (Å²) in [6, 6.07) is 12.9. The molecule has 1 unspecified atom stereocenters. The van der Waals surface area contributed by atoms with E-state index < -0.39 is 18.0 Å². The molecule has 0 saturated heterocycles. The van der Waals surface area contributed by atoms with Crippen LogP contribution in [0.5, 0.6) is 5.75 Å². The number of anilines is 1. The number of benzene rings is 2. The number of hydrogen-bond acceptors (Lipinski definition) is 5. The van der Waals surface area contributed by atoms with Gasteiger partial charge in [-0.3, -0.25) is 5.32 Å². The first-order valence-electron chi connectivity index (χ1n) is 13.6. The van der Waals surface area contributed by atoms with Gasteiger partial charge in [0.05, 0.1) is 23.4 Å². The maximum atomic E-state index is 13.5. The van der Waals surface area contributed by atoms with Crippen LogP contribution >= 0.6 is 0 Å². The topological polar surface area (TPSA) is 78.5 Å². The van der Waals surface area contributed by atoms with E-state index >= 15 is 0 Å². The van der Waals surface area contributed by atoms with E-state index in [4.69, 9.17) is 13.9 Å².